The third-order valence-electron chi connectivity index (χ3n) is 16.9. The highest BCUT2D eigenvalue weighted by Crippen LogP contribution is 2.23. The van der Waals surface area contributed by atoms with Crippen LogP contribution in [0, 0.1) is 0 Å². The predicted octanol–water partition coefficient (Wildman–Crippen LogP) is 17.5. The molecule has 0 spiro atoms. The fourth-order valence-corrected chi connectivity index (χ4v) is 11.4. The Labute approximate surface area is 493 Å². The fraction of sp³-hybridized carbons (Fsp3) is 0.942. The summed E-state index contributed by atoms with van der Waals surface area (Å²) in [5, 5.41) is 54.6. The minimum Gasteiger partial charge on any atom is -0.466 e. The van der Waals surface area contributed by atoms with Gasteiger partial charge in [-0.25, -0.2) is 0 Å². The molecule has 474 valence electrons. The standard InChI is InChI=1S/C69H133NO10/c1-3-5-7-9-11-13-15-16-29-32-36-39-43-47-51-55-62(72)61(60-79-69-68(77)67(76)66(75)63(59-71)80-69)70-64(73)56-52-48-44-40-37-33-30-27-25-23-21-19-17-18-20-22-24-26-28-31-34-38-42-46-50-54-58-78-65(74)57-53-49-45-41-35-14-12-10-8-6-4-2/h51,55,61-63,66-69,71-72,75-77H,3-50,52-54,56-60H2,1-2H3,(H,70,73)/b55-51+. The summed E-state index contributed by atoms with van der Waals surface area (Å²) in [5.41, 5.74) is 0. The van der Waals surface area contributed by atoms with Crippen LogP contribution in [0.1, 0.15) is 354 Å². The highest BCUT2D eigenvalue weighted by molar-refractivity contribution is 5.76. The van der Waals surface area contributed by atoms with E-state index < -0.39 is 49.5 Å². The molecule has 1 rings (SSSR count). The molecule has 0 aliphatic carbocycles. The first kappa shape index (κ1) is 76.4. The Morgan fingerprint density at radius 2 is 0.787 bits per heavy atom. The molecule has 7 atom stereocenters. The van der Waals surface area contributed by atoms with Gasteiger partial charge in [0.25, 0.3) is 0 Å². The molecule has 1 fully saturated rings. The lowest BCUT2D eigenvalue weighted by Gasteiger charge is -2.40. The molecule has 11 heteroatoms. The normalized spacial score (nSPS) is 18.3. The molecule has 0 aromatic rings. The summed E-state index contributed by atoms with van der Waals surface area (Å²) in [6, 6.07) is -0.808. The van der Waals surface area contributed by atoms with Crippen LogP contribution in [0.2, 0.25) is 0 Å². The number of ether oxygens (including phenoxy) is 3. The van der Waals surface area contributed by atoms with Gasteiger partial charge in [-0.2, -0.15) is 0 Å². The number of rotatable bonds is 62. The van der Waals surface area contributed by atoms with E-state index >= 15 is 0 Å². The molecule has 80 heavy (non-hydrogen) atoms. The van der Waals surface area contributed by atoms with Gasteiger partial charge in [-0.3, -0.25) is 9.59 Å². The van der Waals surface area contributed by atoms with Crippen LogP contribution in [0.15, 0.2) is 12.2 Å². The Hall–Kier alpha value is -1.60. The first-order valence-corrected chi connectivity index (χ1v) is 35.0. The van der Waals surface area contributed by atoms with E-state index in [0.29, 0.717) is 19.4 Å². The zero-order valence-corrected chi connectivity index (χ0v) is 52.6. The summed E-state index contributed by atoms with van der Waals surface area (Å²) in [6.07, 6.45) is 61.8. The second-order valence-corrected chi connectivity index (χ2v) is 24.6. The lowest BCUT2D eigenvalue weighted by Crippen LogP contribution is -2.60. The van der Waals surface area contributed by atoms with Crippen LogP contribution < -0.4 is 5.32 Å². The van der Waals surface area contributed by atoms with Crippen LogP contribution in [0.25, 0.3) is 0 Å². The third kappa shape index (κ3) is 47.7. The molecule has 1 saturated heterocycles. The van der Waals surface area contributed by atoms with E-state index in [1.165, 1.54) is 270 Å². The van der Waals surface area contributed by atoms with Gasteiger partial charge in [-0.15, -0.1) is 0 Å². The summed E-state index contributed by atoms with van der Waals surface area (Å²) >= 11 is 0. The number of carbonyl (C=O) groups excluding carboxylic acids is 2. The van der Waals surface area contributed by atoms with Crippen molar-refractivity contribution in [3.63, 3.8) is 0 Å². The van der Waals surface area contributed by atoms with Gasteiger partial charge in [0.15, 0.2) is 6.29 Å². The maximum atomic E-state index is 13.1. The molecule has 0 aromatic heterocycles. The van der Waals surface area contributed by atoms with E-state index in [1.54, 1.807) is 6.08 Å². The molecule has 0 bridgehead atoms. The topological polar surface area (TPSA) is 175 Å². The summed E-state index contributed by atoms with van der Waals surface area (Å²) in [4.78, 5) is 25.1. The van der Waals surface area contributed by atoms with Gasteiger partial charge in [0.05, 0.1) is 32.0 Å². The number of amides is 1. The van der Waals surface area contributed by atoms with Crippen molar-refractivity contribution < 1.29 is 49.3 Å². The SMILES string of the molecule is CCCCCCCCCCCCCCC/C=C/C(O)C(COC1OC(CO)C(O)C(O)C1O)NC(=O)CCCCCCCCCCCCCCCCCCCCCCCCCCCCOC(=O)CCCCCCCCCCCCC. The zero-order chi connectivity index (χ0) is 58.0. The van der Waals surface area contributed by atoms with E-state index in [1.807, 2.05) is 6.08 Å². The molecule has 0 aromatic carbocycles. The van der Waals surface area contributed by atoms with Crippen molar-refractivity contribution in [2.24, 2.45) is 0 Å². The summed E-state index contributed by atoms with van der Waals surface area (Å²) in [6.45, 7) is 4.39. The van der Waals surface area contributed by atoms with Crippen LogP contribution >= 0.6 is 0 Å². The second kappa shape index (κ2) is 59.1. The average molecular weight is 1140 g/mol. The van der Waals surface area contributed by atoms with Crippen LogP contribution in [0.5, 0.6) is 0 Å². The Bertz CT molecular complexity index is 1330. The van der Waals surface area contributed by atoms with E-state index in [-0.39, 0.29) is 18.5 Å². The molecule has 6 N–H and O–H groups in total. The maximum Gasteiger partial charge on any atom is 0.305 e. The lowest BCUT2D eigenvalue weighted by atomic mass is 9.99. The Balaban J connectivity index is 2.00. The summed E-state index contributed by atoms with van der Waals surface area (Å²) in [5.74, 6) is -0.168. The minimum absolute atomic E-state index is 0.00778. The molecule has 11 nitrogen and oxygen atoms in total. The van der Waals surface area contributed by atoms with Gasteiger partial charge in [0.2, 0.25) is 5.91 Å². The largest absolute Gasteiger partial charge is 0.466 e. The monoisotopic (exact) mass is 1140 g/mol. The maximum absolute atomic E-state index is 13.1. The smallest absolute Gasteiger partial charge is 0.305 e. The van der Waals surface area contributed by atoms with Crippen molar-refractivity contribution in [2.75, 3.05) is 19.8 Å². The lowest BCUT2D eigenvalue weighted by molar-refractivity contribution is -0.302. The quantitative estimate of drug-likeness (QED) is 0.0195. The fourth-order valence-electron chi connectivity index (χ4n) is 11.4. The summed E-state index contributed by atoms with van der Waals surface area (Å²) < 4.78 is 16.8. The number of hydrogen-bond acceptors (Lipinski definition) is 10. The average Bonchev–Trinajstić information content (AvgIpc) is 3.45. The molecular formula is C69H133NO10. The van der Waals surface area contributed by atoms with Gasteiger partial charge >= 0.3 is 5.97 Å². The van der Waals surface area contributed by atoms with E-state index in [4.69, 9.17) is 14.2 Å². The Morgan fingerprint density at radius 1 is 0.450 bits per heavy atom. The number of nitrogens with one attached hydrogen (secondary N) is 1. The Kier molecular flexibility index (Phi) is 56.5. The van der Waals surface area contributed by atoms with Crippen molar-refractivity contribution in [2.45, 2.75) is 397 Å². The van der Waals surface area contributed by atoms with E-state index in [9.17, 15) is 35.1 Å². The van der Waals surface area contributed by atoms with Gasteiger partial charge < -0.3 is 45.1 Å². The van der Waals surface area contributed by atoms with Crippen LogP contribution in [0.4, 0.5) is 0 Å². The highest BCUT2D eigenvalue weighted by atomic mass is 16.7. The Morgan fingerprint density at radius 3 is 1.16 bits per heavy atom. The van der Waals surface area contributed by atoms with Gasteiger partial charge in [-0.1, -0.05) is 321 Å². The van der Waals surface area contributed by atoms with Gasteiger partial charge in [0.1, 0.15) is 24.4 Å². The number of hydrogen-bond donors (Lipinski definition) is 6. The number of unbranched alkanes of at least 4 members (excludes halogenated alkanes) is 48. The van der Waals surface area contributed by atoms with Crippen molar-refractivity contribution in [1.29, 1.82) is 0 Å². The number of carbonyl (C=O) groups is 2. The molecule has 1 aliphatic heterocycles. The molecule has 1 aliphatic rings. The number of aliphatic hydroxyl groups excluding tert-OH is 5. The molecule has 0 radical (unpaired) electrons. The second-order valence-electron chi connectivity index (χ2n) is 24.6. The van der Waals surface area contributed by atoms with Crippen LogP contribution in [-0.2, 0) is 23.8 Å². The minimum atomic E-state index is -1.57. The molecule has 1 amide bonds. The van der Waals surface area contributed by atoms with Crippen molar-refractivity contribution in [3.8, 4) is 0 Å². The van der Waals surface area contributed by atoms with Crippen molar-refractivity contribution in [1.82, 2.24) is 5.32 Å². The number of allylic oxidation sites excluding steroid dienone is 1. The van der Waals surface area contributed by atoms with Crippen LogP contribution in [-0.4, -0.2) is 100 Å². The van der Waals surface area contributed by atoms with Gasteiger partial charge in [-0.05, 0) is 32.1 Å². The van der Waals surface area contributed by atoms with Crippen LogP contribution in [0.3, 0.4) is 0 Å². The first-order valence-electron chi connectivity index (χ1n) is 35.0. The van der Waals surface area contributed by atoms with Crippen molar-refractivity contribution >= 4 is 11.9 Å². The molecule has 0 saturated carbocycles. The third-order valence-corrected chi connectivity index (χ3v) is 16.9. The number of esters is 1. The number of aliphatic hydroxyl groups is 5. The summed E-state index contributed by atoms with van der Waals surface area (Å²) in [7, 11) is 0. The predicted molar refractivity (Wildman–Crippen MR) is 334 cm³/mol. The molecule has 1 heterocycles. The van der Waals surface area contributed by atoms with E-state index in [0.717, 1.165) is 57.8 Å². The van der Waals surface area contributed by atoms with Crippen molar-refractivity contribution in [3.05, 3.63) is 12.2 Å². The van der Waals surface area contributed by atoms with E-state index in [2.05, 4.69) is 19.2 Å². The first-order chi connectivity index (χ1) is 39.2. The molecular weight excluding hydrogens is 1000 g/mol. The highest BCUT2D eigenvalue weighted by Gasteiger charge is 2.44. The van der Waals surface area contributed by atoms with Gasteiger partial charge in [0, 0.05) is 12.8 Å². The zero-order valence-electron chi connectivity index (χ0n) is 52.6. The molecule has 7 unspecified atom stereocenters.